The van der Waals surface area contributed by atoms with Crippen molar-refractivity contribution in [3.63, 3.8) is 0 Å². The van der Waals surface area contributed by atoms with Gasteiger partial charge in [0, 0.05) is 10.9 Å². The molecular formula is C28H19N5O3. The number of carbonyl (C=O) groups is 3. The first-order valence-electron chi connectivity index (χ1n) is 11.3. The number of fused-ring (bicyclic) bond motifs is 2. The molecule has 5 aromatic rings. The highest BCUT2D eigenvalue weighted by Gasteiger charge is 2.36. The van der Waals surface area contributed by atoms with Crippen LogP contribution >= 0.6 is 0 Å². The molecule has 3 aromatic carbocycles. The van der Waals surface area contributed by atoms with Crippen LogP contribution in [-0.2, 0) is 0 Å². The molecule has 0 spiro atoms. The monoisotopic (exact) mass is 473 g/mol. The molecule has 1 aliphatic rings. The lowest BCUT2D eigenvalue weighted by molar-refractivity contribution is 0.0925. The number of pyridine rings is 1. The molecule has 0 saturated heterocycles. The van der Waals surface area contributed by atoms with Gasteiger partial charge in [-0.15, -0.1) is 0 Å². The first-order chi connectivity index (χ1) is 17.5. The van der Waals surface area contributed by atoms with Crippen LogP contribution in [0, 0.1) is 6.92 Å². The molecule has 0 unspecified atom stereocenters. The minimum Gasteiger partial charge on any atom is -0.321 e. The summed E-state index contributed by atoms with van der Waals surface area (Å²) in [5.74, 6) is -1.09. The van der Waals surface area contributed by atoms with Gasteiger partial charge in [0.1, 0.15) is 0 Å². The molecule has 6 rings (SSSR count). The second-order valence-electron chi connectivity index (χ2n) is 8.42. The van der Waals surface area contributed by atoms with E-state index in [0.29, 0.717) is 33.7 Å². The first-order valence-corrected chi connectivity index (χ1v) is 11.3. The average Bonchev–Trinajstić information content (AvgIpc) is 3.38. The van der Waals surface area contributed by atoms with Crippen molar-refractivity contribution in [2.24, 2.45) is 0 Å². The van der Waals surface area contributed by atoms with Crippen LogP contribution in [0.5, 0.6) is 0 Å². The van der Waals surface area contributed by atoms with Crippen LogP contribution in [0.15, 0.2) is 91.1 Å². The summed E-state index contributed by atoms with van der Waals surface area (Å²) in [6, 6.07) is 24.6. The van der Waals surface area contributed by atoms with E-state index < -0.39 is 0 Å². The Bertz CT molecular complexity index is 1640. The van der Waals surface area contributed by atoms with Crippen LogP contribution in [0.3, 0.4) is 0 Å². The fourth-order valence-electron chi connectivity index (χ4n) is 4.35. The quantitative estimate of drug-likeness (QED) is 0.379. The zero-order chi connectivity index (χ0) is 24.8. The number of hydrogen-bond donors (Lipinski definition) is 1. The molecule has 2 aromatic heterocycles. The lowest BCUT2D eigenvalue weighted by atomic mass is 10.1. The van der Waals surface area contributed by atoms with Gasteiger partial charge in [0.15, 0.2) is 5.65 Å². The van der Waals surface area contributed by atoms with Crippen molar-refractivity contribution in [2.75, 3.05) is 10.2 Å². The molecule has 8 nitrogen and oxygen atoms in total. The van der Waals surface area contributed by atoms with E-state index >= 15 is 0 Å². The summed E-state index contributed by atoms with van der Waals surface area (Å²) in [6.45, 7) is 1.90. The van der Waals surface area contributed by atoms with Gasteiger partial charge in [-0.05, 0) is 61.5 Å². The van der Waals surface area contributed by atoms with Crippen molar-refractivity contribution in [1.29, 1.82) is 0 Å². The van der Waals surface area contributed by atoms with Crippen LogP contribution in [-0.4, -0.2) is 32.5 Å². The number of amides is 3. The van der Waals surface area contributed by atoms with Crippen molar-refractivity contribution >= 4 is 40.1 Å². The smallest absolute Gasteiger partial charge is 0.266 e. The Kier molecular flexibility index (Phi) is 4.93. The SMILES string of the molecule is Cc1nn(-c2ccccc2)c2ncc(NC(=O)c3ccc(N4C(=O)c5ccccc5C4=O)cc3)cc12. The number of nitrogens with zero attached hydrogens (tertiary/aromatic N) is 4. The van der Waals surface area contributed by atoms with Gasteiger partial charge in [-0.25, -0.2) is 14.6 Å². The number of rotatable bonds is 4. The second-order valence-corrected chi connectivity index (χ2v) is 8.42. The number of hydrogen-bond acceptors (Lipinski definition) is 5. The van der Waals surface area contributed by atoms with Crippen LogP contribution in [0.25, 0.3) is 16.7 Å². The number of aromatic nitrogens is 3. The minimum absolute atomic E-state index is 0.335. The Morgan fingerprint density at radius 3 is 2.11 bits per heavy atom. The highest BCUT2D eigenvalue weighted by atomic mass is 16.2. The molecule has 0 radical (unpaired) electrons. The maximum atomic E-state index is 12.9. The van der Waals surface area contributed by atoms with Crippen molar-refractivity contribution in [3.8, 4) is 5.69 Å². The van der Waals surface area contributed by atoms with Gasteiger partial charge >= 0.3 is 0 Å². The predicted molar refractivity (Wildman–Crippen MR) is 136 cm³/mol. The summed E-state index contributed by atoms with van der Waals surface area (Å²) in [6.07, 6.45) is 1.59. The van der Waals surface area contributed by atoms with Gasteiger partial charge in [0.2, 0.25) is 0 Å². The van der Waals surface area contributed by atoms with Crippen LogP contribution in [0.4, 0.5) is 11.4 Å². The number of carbonyl (C=O) groups excluding carboxylic acids is 3. The Morgan fingerprint density at radius 1 is 0.806 bits per heavy atom. The predicted octanol–water partition coefficient (Wildman–Crippen LogP) is 4.78. The van der Waals surface area contributed by atoms with E-state index in [1.807, 2.05) is 43.3 Å². The van der Waals surface area contributed by atoms with Gasteiger partial charge < -0.3 is 5.32 Å². The van der Waals surface area contributed by atoms with Crippen molar-refractivity contribution in [1.82, 2.24) is 14.8 Å². The third kappa shape index (κ3) is 3.43. The highest BCUT2D eigenvalue weighted by molar-refractivity contribution is 6.34. The number of nitrogens with one attached hydrogen (secondary N) is 1. The molecule has 8 heteroatoms. The summed E-state index contributed by atoms with van der Waals surface area (Å²) in [5.41, 5.74) is 4.46. The van der Waals surface area contributed by atoms with Crippen molar-refractivity contribution < 1.29 is 14.4 Å². The number of aryl methyl sites for hydroxylation is 1. The second kappa shape index (κ2) is 8.28. The normalized spacial score (nSPS) is 12.8. The van der Waals surface area contributed by atoms with Gasteiger partial charge in [0.05, 0.1) is 40.1 Å². The standard InChI is InChI=1S/C28H19N5O3/c1-17-24-15-19(16-29-25(24)33(31-17)21-7-3-2-4-8-21)30-26(34)18-11-13-20(14-12-18)32-27(35)22-9-5-6-10-23(22)28(32)36/h2-16H,1H3,(H,30,34). The molecule has 0 bridgehead atoms. The molecule has 174 valence electrons. The molecule has 0 atom stereocenters. The van der Waals surface area contributed by atoms with Crippen molar-refractivity contribution in [2.45, 2.75) is 6.92 Å². The van der Waals surface area contributed by atoms with Gasteiger partial charge in [-0.2, -0.15) is 5.10 Å². The Morgan fingerprint density at radius 2 is 1.44 bits per heavy atom. The summed E-state index contributed by atoms with van der Waals surface area (Å²) >= 11 is 0. The lowest BCUT2D eigenvalue weighted by Crippen LogP contribution is -2.29. The fraction of sp³-hybridized carbons (Fsp3) is 0.0357. The Hall–Kier alpha value is -5.11. The van der Waals surface area contributed by atoms with E-state index in [2.05, 4.69) is 15.4 Å². The number of anilines is 2. The molecule has 3 heterocycles. The van der Waals surface area contributed by atoms with E-state index in [9.17, 15) is 14.4 Å². The number of imide groups is 1. The van der Waals surface area contributed by atoms with E-state index in [0.717, 1.165) is 21.7 Å². The molecule has 1 N–H and O–H groups in total. The van der Waals surface area contributed by atoms with Gasteiger partial charge in [0.25, 0.3) is 17.7 Å². The van der Waals surface area contributed by atoms with Gasteiger partial charge in [-0.1, -0.05) is 30.3 Å². The number of benzene rings is 3. The van der Waals surface area contributed by atoms with E-state index in [4.69, 9.17) is 0 Å². The minimum atomic E-state index is -0.376. The summed E-state index contributed by atoms with van der Waals surface area (Å²) < 4.78 is 1.77. The molecule has 3 amide bonds. The topological polar surface area (TPSA) is 97.2 Å². The maximum Gasteiger partial charge on any atom is 0.266 e. The molecule has 0 fully saturated rings. The van der Waals surface area contributed by atoms with Crippen LogP contribution in [0.1, 0.15) is 36.8 Å². The third-order valence-corrected chi connectivity index (χ3v) is 6.15. The highest BCUT2D eigenvalue weighted by Crippen LogP contribution is 2.29. The average molecular weight is 473 g/mol. The lowest BCUT2D eigenvalue weighted by Gasteiger charge is -2.14. The van der Waals surface area contributed by atoms with Crippen LogP contribution < -0.4 is 10.2 Å². The summed E-state index contributed by atoms with van der Waals surface area (Å²) in [7, 11) is 0. The molecular weight excluding hydrogens is 454 g/mol. The summed E-state index contributed by atoms with van der Waals surface area (Å²) in [4.78, 5) is 44.0. The number of para-hydroxylation sites is 1. The molecule has 1 aliphatic heterocycles. The summed E-state index contributed by atoms with van der Waals surface area (Å²) in [5, 5.41) is 8.29. The van der Waals surface area contributed by atoms with Crippen molar-refractivity contribution in [3.05, 3.63) is 114 Å². The zero-order valence-corrected chi connectivity index (χ0v) is 19.2. The Balaban J connectivity index is 1.23. The molecule has 0 saturated carbocycles. The molecule has 36 heavy (non-hydrogen) atoms. The van der Waals surface area contributed by atoms with E-state index in [-0.39, 0.29) is 17.7 Å². The largest absolute Gasteiger partial charge is 0.321 e. The Labute approximate surface area is 205 Å². The fourth-order valence-corrected chi connectivity index (χ4v) is 4.35. The maximum absolute atomic E-state index is 12.9. The first kappa shape index (κ1) is 21.4. The van der Waals surface area contributed by atoms with Gasteiger partial charge in [-0.3, -0.25) is 14.4 Å². The zero-order valence-electron chi connectivity index (χ0n) is 19.2. The van der Waals surface area contributed by atoms with E-state index in [1.165, 1.54) is 0 Å². The third-order valence-electron chi connectivity index (χ3n) is 6.15. The van der Waals surface area contributed by atoms with Crippen LogP contribution in [0.2, 0.25) is 0 Å². The van der Waals surface area contributed by atoms with E-state index in [1.54, 1.807) is 59.4 Å². The molecule has 0 aliphatic carbocycles.